The van der Waals surface area contributed by atoms with Crippen molar-refractivity contribution in [1.29, 1.82) is 0 Å². The quantitative estimate of drug-likeness (QED) is 0.551. The number of fused-ring (bicyclic) bond motifs is 1. The second-order valence-electron chi connectivity index (χ2n) is 2.52. The van der Waals surface area contributed by atoms with Gasteiger partial charge in [0.2, 0.25) is 0 Å². The van der Waals surface area contributed by atoms with Crippen molar-refractivity contribution in [2.45, 2.75) is 0 Å². The van der Waals surface area contributed by atoms with Gasteiger partial charge in [-0.2, -0.15) is 4.73 Å². The van der Waals surface area contributed by atoms with E-state index in [0.29, 0.717) is 11.0 Å². The molecule has 0 bridgehead atoms. The highest BCUT2D eigenvalue weighted by Crippen LogP contribution is 2.25. The van der Waals surface area contributed by atoms with Crippen LogP contribution >= 0.6 is 0 Å². The zero-order chi connectivity index (χ0) is 8.01. The second kappa shape index (κ2) is 1.72. The van der Waals surface area contributed by atoms with Crippen LogP contribution in [-0.2, 0) is 7.05 Å². The minimum Gasteiger partial charge on any atom is -0.506 e. The van der Waals surface area contributed by atoms with Crippen molar-refractivity contribution in [2.75, 3.05) is 0 Å². The fourth-order valence-corrected chi connectivity index (χ4v) is 1.28. The largest absolute Gasteiger partial charge is 0.506 e. The van der Waals surface area contributed by atoms with Gasteiger partial charge in [0.25, 0.3) is 0 Å². The van der Waals surface area contributed by atoms with E-state index in [-0.39, 0.29) is 5.75 Å². The van der Waals surface area contributed by atoms with E-state index in [1.165, 1.54) is 6.20 Å². The summed E-state index contributed by atoms with van der Waals surface area (Å²) in [7, 11) is 1.76. The topological polar surface area (TPSA) is 50.3 Å². The van der Waals surface area contributed by atoms with Crippen LogP contribution < -0.4 is 0 Å². The Hall–Kier alpha value is -1.58. The zero-order valence-electron chi connectivity index (χ0n) is 6.02. The molecule has 4 nitrogen and oxygen atoms in total. The smallest absolute Gasteiger partial charge is 0.159 e. The first-order valence-electron chi connectivity index (χ1n) is 3.25. The lowest BCUT2D eigenvalue weighted by molar-refractivity contribution is 0.196. The molecule has 0 aromatic carbocycles. The van der Waals surface area contributed by atoms with Crippen molar-refractivity contribution >= 4 is 11.0 Å². The summed E-state index contributed by atoms with van der Waals surface area (Å²) in [6.45, 7) is 0. The van der Waals surface area contributed by atoms with Crippen LogP contribution in [0.4, 0.5) is 0 Å². The van der Waals surface area contributed by atoms with Gasteiger partial charge in [0.1, 0.15) is 5.75 Å². The van der Waals surface area contributed by atoms with Gasteiger partial charge in [-0.3, -0.25) is 0 Å². The van der Waals surface area contributed by atoms with Gasteiger partial charge in [0.15, 0.2) is 5.65 Å². The summed E-state index contributed by atoms with van der Waals surface area (Å²) in [4.78, 5) is 0. The van der Waals surface area contributed by atoms with Crippen LogP contribution in [0.2, 0.25) is 0 Å². The van der Waals surface area contributed by atoms with E-state index >= 15 is 0 Å². The summed E-state index contributed by atoms with van der Waals surface area (Å²) in [5.74, 6) is 0.190. The van der Waals surface area contributed by atoms with Crippen molar-refractivity contribution in [3.05, 3.63) is 18.5 Å². The molecule has 58 valence electrons. The van der Waals surface area contributed by atoms with Crippen molar-refractivity contribution in [1.82, 2.24) is 9.30 Å². The van der Waals surface area contributed by atoms with Gasteiger partial charge >= 0.3 is 0 Å². The lowest BCUT2D eigenvalue weighted by Crippen LogP contribution is -1.93. The first-order chi connectivity index (χ1) is 5.20. The molecule has 2 heterocycles. The van der Waals surface area contributed by atoms with E-state index in [1.807, 2.05) is 0 Å². The van der Waals surface area contributed by atoms with Gasteiger partial charge in [0.05, 0.1) is 5.39 Å². The van der Waals surface area contributed by atoms with Gasteiger partial charge in [-0.1, -0.05) is 0 Å². The molecule has 0 saturated heterocycles. The fourth-order valence-electron chi connectivity index (χ4n) is 1.28. The van der Waals surface area contributed by atoms with E-state index in [4.69, 9.17) is 0 Å². The van der Waals surface area contributed by atoms with Gasteiger partial charge in [-0.25, -0.2) is 0 Å². The molecule has 0 fully saturated rings. The molecule has 0 amide bonds. The van der Waals surface area contributed by atoms with Crippen LogP contribution in [0.25, 0.3) is 11.0 Å². The number of aromatic hydroxyl groups is 1. The zero-order valence-corrected chi connectivity index (χ0v) is 6.02. The molecule has 11 heavy (non-hydrogen) atoms. The van der Waals surface area contributed by atoms with Crippen LogP contribution in [0.3, 0.4) is 0 Å². The molecule has 0 aliphatic rings. The lowest BCUT2D eigenvalue weighted by atomic mass is 10.4. The van der Waals surface area contributed by atoms with Gasteiger partial charge in [-0.05, 0) is 6.07 Å². The standard InChI is InChI=1S/C7H8N2O2/c1-8-4-6(10)5-2-3-9(11)7(5)8/h2-4,10-11H,1H3. The maximum atomic E-state index is 9.26. The lowest BCUT2D eigenvalue weighted by Gasteiger charge is -1.94. The summed E-state index contributed by atoms with van der Waals surface area (Å²) < 4.78 is 2.64. The Labute approximate surface area is 62.9 Å². The molecule has 2 rings (SSSR count). The average molecular weight is 152 g/mol. The molecule has 0 atom stereocenters. The number of aromatic nitrogens is 2. The molecule has 0 radical (unpaired) electrons. The number of nitrogens with zero attached hydrogens (tertiary/aromatic N) is 2. The highest BCUT2D eigenvalue weighted by Gasteiger charge is 2.08. The summed E-state index contributed by atoms with van der Waals surface area (Å²) in [5.41, 5.74) is 0.600. The second-order valence-corrected chi connectivity index (χ2v) is 2.52. The number of hydrogen-bond donors (Lipinski definition) is 2. The molecule has 0 aliphatic carbocycles. The SMILES string of the molecule is Cn1cc(O)c2ccn(O)c21. The van der Waals surface area contributed by atoms with Crippen LogP contribution in [0.15, 0.2) is 18.5 Å². The van der Waals surface area contributed by atoms with E-state index in [1.54, 1.807) is 23.9 Å². The Morgan fingerprint density at radius 1 is 1.45 bits per heavy atom. The third-order valence-corrected chi connectivity index (χ3v) is 1.77. The highest BCUT2D eigenvalue weighted by atomic mass is 16.5. The summed E-state index contributed by atoms with van der Waals surface area (Å²) in [6, 6.07) is 1.66. The Morgan fingerprint density at radius 3 is 2.82 bits per heavy atom. The minimum absolute atomic E-state index is 0.190. The van der Waals surface area contributed by atoms with E-state index in [0.717, 1.165) is 4.73 Å². The molecular weight excluding hydrogens is 144 g/mol. The van der Waals surface area contributed by atoms with E-state index in [9.17, 15) is 10.3 Å². The summed E-state index contributed by atoms with van der Waals surface area (Å²) in [5, 5.41) is 19.1. The molecule has 0 unspecified atom stereocenters. The maximum absolute atomic E-state index is 9.26. The van der Waals surface area contributed by atoms with Crippen molar-refractivity contribution in [3.63, 3.8) is 0 Å². The first kappa shape index (κ1) is 6.15. The van der Waals surface area contributed by atoms with E-state index < -0.39 is 0 Å². The van der Waals surface area contributed by atoms with Crippen molar-refractivity contribution in [3.8, 4) is 5.75 Å². The Morgan fingerprint density at radius 2 is 2.18 bits per heavy atom. The number of aryl methyl sites for hydroxylation is 1. The van der Waals surface area contributed by atoms with E-state index in [2.05, 4.69) is 0 Å². The Kier molecular flexibility index (Phi) is 0.961. The monoisotopic (exact) mass is 152 g/mol. The van der Waals surface area contributed by atoms with Gasteiger partial charge in [-0.15, -0.1) is 0 Å². The predicted octanol–water partition coefficient (Wildman–Crippen LogP) is 0.923. The normalized spacial score (nSPS) is 11.0. The first-order valence-corrected chi connectivity index (χ1v) is 3.25. The maximum Gasteiger partial charge on any atom is 0.159 e. The molecule has 4 heteroatoms. The summed E-state index contributed by atoms with van der Waals surface area (Å²) in [6.07, 6.45) is 3.04. The summed E-state index contributed by atoms with van der Waals surface area (Å²) >= 11 is 0. The molecule has 2 aromatic rings. The predicted molar refractivity (Wildman–Crippen MR) is 39.8 cm³/mol. The minimum atomic E-state index is 0.190. The number of rotatable bonds is 0. The molecule has 0 saturated carbocycles. The third-order valence-electron chi connectivity index (χ3n) is 1.77. The van der Waals surface area contributed by atoms with Crippen LogP contribution in [-0.4, -0.2) is 19.6 Å². The third kappa shape index (κ3) is 0.633. The highest BCUT2D eigenvalue weighted by molar-refractivity contribution is 5.84. The molecular formula is C7H8N2O2. The molecule has 0 spiro atoms. The Balaban J connectivity index is 2.98. The Bertz CT molecular complexity index is 400. The molecule has 2 aromatic heterocycles. The van der Waals surface area contributed by atoms with Gasteiger partial charge in [0, 0.05) is 19.4 Å². The van der Waals surface area contributed by atoms with Gasteiger partial charge < -0.3 is 14.9 Å². The van der Waals surface area contributed by atoms with Crippen LogP contribution in [0, 0.1) is 0 Å². The number of hydrogen-bond acceptors (Lipinski definition) is 2. The van der Waals surface area contributed by atoms with Crippen molar-refractivity contribution < 1.29 is 10.3 Å². The van der Waals surface area contributed by atoms with Crippen LogP contribution in [0.1, 0.15) is 0 Å². The van der Waals surface area contributed by atoms with Crippen molar-refractivity contribution in [2.24, 2.45) is 7.05 Å². The molecule has 0 aliphatic heterocycles. The average Bonchev–Trinajstić information content (AvgIpc) is 2.41. The van der Waals surface area contributed by atoms with Crippen LogP contribution in [0.5, 0.6) is 5.75 Å². The fraction of sp³-hybridized carbons (Fsp3) is 0.143. The molecule has 2 N–H and O–H groups in total.